The molecule has 0 unspecified atom stereocenters. The van der Waals surface area contributed by atoms with Gasteiger partial charge in [-0.15, -0.1) is 0 Å². The van der Waals surface area contributed by atoms with Gasteiger partial charge in [0.15, 0.2) is 11.6 Å². The molecule has 0 amide bonds. The quantitative estimate of drug-likeness (QED) is 0.690. The van der Waals surface area contributed by atoms with E-state index in [1.54, 1.807) is 12.1 Å². The van der Waals surface area contributed by atoms with E-state index >= 15 is 0 Å². The maximum atomic E-state index is 13.5. The summed E-state index contributed by atoms with van der Waals surface area (Å²) in [6.07, 6.45) is 1.47. The predicted octanol–water partition coefficient (Wildman–Crippen LogP) is 3.50. The molecule has 0 bridgehead atoms. The van der Waals surface area contributed by atoms with Gasteiger partial charge in [-0.3, -0.25) is 10.1 Å². The van der Waals surface area contributed by atoms with Crippen LogP contribution in [0, 0.1) is 15.9 Å². The molecule has 5 nitrogen and oxygen atoms in total. The van der Waals surface area contributed by atoms with Crippen molar-refractivity contribution in [1.29, 1.82) is 0 Å². The van der Waals surface area contributed by atoms with Gasteiger partial charge in [-0.05, 0) is 27.6 Å². The summed E-state index contributed by atoms with van der Waals surface area (Å²) in [6, 6.07) is 7.44. The van der Waals surface area contributed by atoms with E-state index in [1.807, 2.05) is 0 Å². The van der Waals surface area contributed by atoms with E-state index in [4.69, 9.17) is 0 Å². The lowest BCUT2D eigenvalue weighted by Crippen LogP contribution is -2.04. The minimum atomic E-state index is -0.486. The van der Waals surface area contributed by atoms with Crippen molar-refractivity contribution in [2.24, 2.45) is 0 Å². The van der Waals surface area contributed by atoms with E-state index < -0.39 is 10.7 Å². The fourth-order valence-corrected chi connectivity index (χ4v) is 1.81. The highest BCUT2D eigenvalue weighted by Gasteiger charge is 2.07. The second-order valence-electron chi connectivity index (χ2n) is 3.76. The molecule has 1 aromatic carbocycles. The van der Waals surface area contributed by atoms with Crippen LogP contribution in [0.2, 0.25) is 0 Å². The highest BCUT2D eigenvalue weighted by Crippen LogP contribution is 2.18. The van der Waals surface area contributed by atoms with Crippen LogP contribution in [-0.4, -0.2) is 9.91 Å². The molecule has 0 saturated heterocycles. The number of non-ortho nitro benzene ring substituents is 1. The average molecular weight is 326 g/mol. The standard InChI is InChI=1S/C12H9BrFN3O2/c13-9-5-11(14)12(16-7-9)15-6-8-2-1-3-10(4-8)17(18)19/h1-5,7H,6H2,(H,15,16). The van der Waals surface area contributed by atoms with E-state index in [0.717, 1.165) is 0 Å². The summed E-state index contributed by atoms with van der Waals surface area (Å²) in [5.74, 6) is -0.380. The number of pyridine rings is 1. The zero-order valence-corrected chi connectivity index (χ0v) is 11.2. The van der Waals surface area contributed by atoms with Gasteiger partial charge < -0.3 is 5.32 Å². The molecule has 1 heterocycles. The molecule has 0 aliphatic heterocycles. The summed E-state index contributed by atoms with van der Waals surface area (Å²) in [4.78, 5) is 14.0. The largest absolute Gasteiger partial charge is 0.364 e. The fourth-order valence-electron chi connectivity index (χ4n) is 1.51. The number of benzene rings is 1. The monoisotopic (exact) mass is 325 g/mol. The number of nitro benzene ring substituents is 1. The van der Waals surface area contributed by atoms with Crippen LogP contribution in [0.5, 0.6) is 0 Å². The lowest BCUT2D eigenvalue weighted by atomic mass is 10.2. The summed E-state index contributed by atoms with van der Waals surface area (Å²) in [6.45, 7) is 0.257. The van der Waals surface area contributed by atoms with Crippen molar-refractivity contribution >= 4 is 27.4 Å². The Kier molecular flexibility index (Phi) is 4.06. The van der Waals surface area contributed by atoms with E-state index in [9.17, 15) is 14.5 Å². The van der Waals surface area contributed by atoms with Gasteiger partial charge in [0, 0.05) is 29.3 Å². The first-order chi connectivity index (χ1) is 9.06. The zero-order chi connectivity index (χ0) is 13.8. The molecule has 0 radical (unpaired) electrons. The van der Waals surface area contributed by atoms with Crippen LogP contribution >= 0.6 is 15.9 Å². The maximum absolute atomic E-state index is 13.5. The number of rotatable bonds is 4. The van der Waals surface area contributed by atoms with Crippen molar-refractivity contribution in [3.63, 3.8) is 0 Å². The average Bonchev–Trinajstić information content (AvgIpc) is 2.38. The van der Waals surface area contributed by atoms with Crippen LogP contribution in [0.3, 0.4) is 0 Å². The molecular weight excluding hydrogens is 317 g/mol. The second-order valence-corrected chi connectivity index (χ2v) is 4.68. The first kappa shape index (κ1) is 13.4. The van der Waals surface area contributed by atoms with Gasteiger partial charge in [0.25, 0.3) is 5.69 Å². The molecule has 0 fully saturated rings. The third-order valence-corrected chi connectivity index (χ3v) is 2.82. The smallest absolute Gasteiger partial charge is 0.269 e. The van der Waals surface area contributed by atoms with Crippen molar-refractivity contribution < 1.29 is 9.31 Å². The van der Waals surface area contributed by atoms with Crippen LogP contribution in [-0.2, 0) is 6.54 Å². The van der Waals surface area contributed by atoms with E-state index in [1.165, 1.54) is 24.4 Å². The third-order valence-electron chi connectivity index (χ3n) is 2.39. The van der Waals surface area contributed by atoms with E-state index in [-0.39, 0.29) is 18.1 Å². The van der Waals surface area contributed by atoms with Gasteiger partial charge >= 0.3 is 0 Å². The number of hydrogen-bond acceptors (Lipinski definition) is 4. The summed E-state index contributed by atoms with van der Waals surface area (Å²) in [5.41, 5.74) is 0.682. The Morgan fingerprint density at radius 2 is 2.21 bits per heavy atom. The minimum Gasteiger partial charge on any atom is -0.364 e. The van der Waals surface area contributed by atoms with E-state index in [2.05, 4.69) is 26.2 Å². The first-order valence-corrected chi connectivity index (χ1v) is 6.14. The van der Waals surface area contributed by atoms with Crippen LogP contribution in [0.15, 0.2) is 41.0 Å². The van der Waals surface area contributed by atoms with Crippen LogP contribution in [0.25, 0.3) is 0 Å². The number of nitrogens with zero attached hydrogens (tertiary/aromatic N) is 2. The van der Waals surface area contributed by atoms with Crippen molar-refractivity contribution in [3.8, 4) is 0 Å². The Morgan fingerprint density at radius 3 is 2.89 bits per heavy atom. The normalized spacial score (nSPS) is 10.2. The maximum Gasteiger partial charge on any atom is 0.269 e. The lowest BCUT2D eigenvalue weighted by molar-refractivity contribution is -0.384. The highest BCUT2D eigenvalue weighted by molar-refractivity contribution is 9.10. The molecule has 98 valence electrons. The van der Waals surface area contributed by atoms with E-state index in [0.29, 0.717) is 10.0 Å². The number of nitro groups is 1. The Balaban J connectivity index is 2.10. The van der Waals surface area contributed by atoms with Gasteiger partial charge in [0.2, 0.25) is 0 Å². The van der Waals surface area contributed by atoms with Crippen molar-refractivity contribution in [2.45, 2.75) is 6.54 Å². The molecule has 0 spiro atoms. The summed E-state index contributed by atoms with van der Waals surface area (Å²) >= 11 is 3.11. The van der Waals surface area contributed by atoms with Gasteiger partial charge in [0.1, 0.15) is 0 Å². The lowest BCUT2D eigenvalue weighted by Gasteiger charge is -2.06. The molecule has 0 saturated carbocycles. The molecule has 7 heteroatoms. The molecule has 1 aromatic heterocycles. The van der Waals surface area contributed by atoms with Crippen LogP contribution in [0.1, 0.15) is 5.56 Å². The van der Waals surface area contributed by atoms with Crippen molar-refractivity contribution in [1.82, 2.24) is 4.98 Å². The number of halogens is 2. The Morgan fingerprint density at radius 1 is 1.42 bits per heavy atom. The topological polar surface area (TPSA) is 68.1 Å². The zero-order valence-electron chi connectivity index (χ0n) is 9.64. The number of anilines is 1. The van der Waals surface area contributed by atoms with Crippen LogP contribution in [0.4, 0.5) is 15.9 Å². The van der Waals surface area contributed by atoms with Gasteiger partial charge in [-0.2, -0.15) is 0 Å². The first-order valence-electron chi connectivity index (χ1n) is 5.34. The third kappa shape index (κ3) is 3.47. The Labute approximate surface area is 116 Å². The minimum absolute atomic E-state index is 0.00328. The Hall–Kier alpha value is -2.02. The summed E-state index contributed by atoms with van der Waals surface area (Å²) in [7, 11) is 0. The molecule has 0 aliphatic rings. The van der Waals surface area contributed by atoms with Crippen molar-refractivity contribution in [3.05, 3.63) is 62.5 Å². The fraction of sp³-hybridized carbons (Fsp3) is 0.0833. The Bertz CT molecular complexity index is 622. The summed E-state index contributed by atoms with van der Waals surface area (Å²) in [5, 5.41) is 13.4. The highest BCUT2D eigenvalue weighted by atomic mass is 79.9. The number of aromatic nitrogens is 1. The SMILES string of the molecule is O=[N+]([O-])c1cccc(CNc2ncc(Br)cc2F)c1. The van der Waals surface area contributed by atoms with Gasteiger partial charge in [-0.25, -0.2) is 9.37 Å². The van der Waals surface area contributed by atoms with Gasteiger partial charge in [-0.1, -0.05) is 12.1 Å². The number of nitrogens with one attached hydrogen (secondary N) is 1. The van der Waals surface area contributed by atoms with Crippen LogP contribution < -0.4 is 5.32 Å². The molecule has 2 rings (SSSR count). The van der Waals surface area contributed by atoms with Crippen molar-refractivity contribution in [2.75, 3.05) is 5.32 Å². The molecular formula is C12H9BrFN3O2. The predicted molar refractivity (Wildman–Crippen MR) is 72.3 cm³/mol. The molecule has 0 aliphatic carbocycles. The molecule has 2 aromatic rings. The molecule has 0 atom stereocenters. The van der Waals surface area contributed by atoms with Gasteiger partial charge in [0.05, 0.1) is 4.92 Å². The number of hydrogen-bond donors (Lipinski definition) is 1. The second kappa shape index (κ2) is 5.75. The molecule has 1 N–H and O–H groups in total. The summed E-state index contributed by atoms with van der Waals surface area (Å²) < 4.78 is 14.0. The molecule has 19 heavy (non-hydrogen) atoms.